The number of nitrogens with zero attached hydrogens (tertiary/aromatic N) is 1. The van der Waals surface area contributed by atoms with E-state index in [4.69, 9.17) is 18.9 Å². The summed E-state index contributed by atoms with van der Waals surface area (Å²) in [6.07, 6.45) is 9.43. The van der Waals surface area contributed by atoms with Gasteiger partial charge in [-0.1, -0.05) is 0 Å². The first-order valence-corrected chi connectivity index (χ1v) is 20.0. The number of hydrogen-bond acceptors (Lipinski definition) is 9. The summed E-state index contributed by atoms with van der Waals surface area (Å²) in [5.74, 6) is 7.60. The molecule has 0 heterocycles. The van der Waals surface area contributed by atoms with Crippen molar-refractivity contribution in [3.05, 3.63) is 12.2 Å². The SMILES string of the molecule is CN(CCC(=O)NCCOC(C)(C)CCOC(C)(C)CCC(=O)NC(C)(C)CCOC(C)(C)CCNC(=O)OCC1[C@H]2CCC#CCC[C@@H]12)C(=O)/C=C\C=O. The van der Waals surface area contributed by atoms with E-state index in [1.807, 2.05) is 55.4 Å². The average molecular weight is 775 g/mol. The number of hydrogen-bond donors (Lipinski definition) is 3. The third-order valence-corrected chi connectivity index (χ3v) is 10.4. The summed E-state index contributed by atoms with van der Waals surface area (Å²) in [5.41, 5.74) is -1.91. The van der Waals surface area contributed by atoms with Crippen molar-refractivity contribution in [1.82, 2.24) is 20.9 Å². The van der Waals surface area contributed by atoms with Crippen molar-refractivity contribution in [1.29, 1.82) is 0 Å². The number of ether oxygens (including phenoxy) is 4. The molecule has 2 aliphatic rings. The fourth-order valence-electron chi connectivity index (χ4n) is 6.49. The lowest BCUT2D eigenvalue weighted by Crippen LogP contribution is -2.45. The van der Waals surface area contributed by atoms with Gasteiger partial charge in [0, 0.05) is 70.6 Å². The smallest absolute Gasteiger partial charge is 0.407 e. The highest BCUT2D eigenvalue weighted by Gasteiger charge is 2.49. The first-order chi connectivity index (χ1) is 25.7. The van der Waals surface area contributed by atoms with Crippen molar-refractivity contribution in [2.24, 2.45) is 17.8 Å². The highest BCUT2D eigenvalue weighted by atomic mass is 16.5. The summed E-state index contributed by atoms with van der Waals surface area (Å²) in [6, 6.07) is 0. The second-order valence-corrected chi connectivity index (χ2v) is 17.3. The molecule has 2 rings (SSSR count). The molecule has 55 heavy (non-hydrogen) atoms. The third kappa shape index (κ3) is 20.9. The molecule has 0 aromatic heterocycles. The van der Waals surface area contributed by atoms with Gasteiger partial charge in [0.15, 0.2) is 0 Å². The van der Waals surface area contributed by atoms with Gasteiger partial charge >= 0.3 is 6.09 Å². The second kappa shape index (κ2) is 22.9. The van der Waals surface area contributed by atoms with Gasteiger partial charge in [0.25, 0.3) is 0 Å². The lowest BCUT2D eigenvalue weighted by Gasteiger charge is -2.31. The van der Waals surface area contributed by atoms with Crippen LogP contribution in [0.15, 0.2) is 12.2 Å². The van der Waals surface area contributed by atoms with Crippen LogP contribution in [0.3, 0.4) is 0 Å². The molecule has 13 nitrogen and oxygen atoms in total. The van der Waals surface area contributed by atoms with Gasteiger partial charge < -0.3 is 39.8 Å². The van der Waals surface area contributed by atoms with E-state index < -0.39 is 22.3 Å². The van der Waals surface area contributed by atoms with Gasteiger partial charge in [-0.15, -0.1) is 11.8 Å². The zero-order valence-corrected chi connectivity index (χ0v) is 35.1. The van der Waals surface area contributed by atoms with Gasteiger partial charge in [-0.3, -0.25) is 19.2 Å². The standard InChI is InChI=1S/C42H70N4O9/c1-39(2,22-28-53-41(5,6)21-24-44-38(51)52-31-34-32-15-12-10-11-13-16-33(32)34)45-36(49)18-20-40(3,4)54-29-23-42(7,8)55-30-25-43-35(48)19-26-46(9)37(50)17-14-27-47/h14,17,27,32-34H,12-13,15-16,18-26,28-31H2,1-9H3,(H,43,48)(H,44,51)(H,45,49)/b17-14-/t32-,33+,34?. The quantitative estimate of drug-likeness (QED) is 0.0470. The van der Waals surface area contributed by atoms with Crippen molar-refractivity contribution in [2.45, 2.75) is 142 Å². The van der Waals surface area contributed by atoms with Gasteiger partial charge in [-0.25, -0.2) is 4.79 Å². The summed E-state index contributed by atoms with van der Waals surface area (Å²) in [6.45, 7) is 18.6. The molecule has 13 heteroatoms. The number of rotatable bonds is 26. The van der Waals surface area contributed by atoms with E-state index in [0.29, 0.717) is 95.7 Å². The van der Waals surface area contributed by atoms with E-state index in [2.05, 4.69) is 27.8 Å². The molecule has 0 aliphatic heterocycles. The fraction of sp³-hybridized carbons (Fsp3) is 0.786. The molecular weight excluding hydrogens is 704 g/mol. The monoisotopic (exact) mass is 775 g/mol. The minimum atomic E-state index is -0.513. The van der Waals surface area contributed by atoms with Crippen LogP contribution in [0, 0.1) is 29.6 Å². The third-order valence-electron chi connectivity index (χ3n) is 10.4. The van der Waals surface area contributed by atoms with Crippen molar-refractivity contribution in [2.75, 3.05) is 53.1 Å². The van der Waals surface area contributed by atoms with Crippen LogP contribution in [0.1, 0.15) is 120 Å². The Hall–Kier alpha value is -3.47. The summed E-state index contributed by atoms with van der Waals surface area (Å²) in [5, 5.41) is 8.79. The summed E-state index contributed by atoms with van der Waals surface area (Å²) >= 11 is 0. The van der Waals surface area contributed by atoms with Crippen LogP contribution in [-0.2, 0) is 38.1 Å². The summed E-state index contributed by atoms with van der Waals surface area (Å²) < 4.78 is 23.8. The normalized spacial score (nSPS) is 18.5. The van der Waals surface area contributed by atoms with Crippen LogP contribution in [0.5, 0.6) is 0 Å². The second-order valence-electron chi connectivity index (χ2n) is 17.3. The van der Waals surface area contributed by atoms with Crippen LogP contribution >= 0.6 is 0 Å². The Bertz CT molecular complexity index is 1330. The van der Waals surface area contributed by atoms with Crippen LogP contribution < -0.4 is 16.0 Å². The van der Waals surface area contributed by atoms with E-state index in [1.165, 1.54) is 4.90 Å². The zero-order valence-electron chi connectivity index (χ0n) is 35.1. The molecule has 1 fully saturated rings. The Morgan fingerprint density at radius 2 is 1.31 bits per heavy atom. The average Bonchev–Trinajstić information content (AvgIpc) is 3.73. The maximum Gasteiger partial charge on any atom is 0.407 e. The number of nitrogens with one attached hydrogen (secondary N) is 3. The lowest BCUT2D eigenvalue weighted by atomic mass is 9.98. The van der Waals surface area contributed by atoms with Crippen LogP contribution in [0.4, 0.5) is 4.79 Å². The number of fused-ring (bicyclic) bond motifs is 1. The minimum absolute atomic E-state index is 0.0489. The van der Waals surface area contributed by atoms with Crippen LogP contribution in [0.2, 0.25) is 0 Å². The highest BCUT2D eigenvalue weighted by Crippen LogP contribution is 2.52. The van der Waals surface area contributed by atoms with Crippen molar-refractivity contribution in [3.8, 4) is 11.8 Å². The molecule has 4 amide bonds. The Morgan fingerprint density at radius 1 is 0.727 bits per heavy atom. The molecule has 0 aromatic rings. The Balaban J connectivity index is 1.55. The molecule has 0 bridgehead atoms. The van der Waals surface area contributed by atoms with E-state index >= 15 is 0 Å². The van der Waals surface area contributed by atoms with E-state index in [1.54, 1.807) is 7.05 Å². The van der Waals surface area contributed by atoms with Crippen LogP contribution in [0.25, 0.3) is 0 Å². The maximum atomic E-state index is 12.9. The number of carbonyl (C=O) groups is 5. The first-order valence-electron chi connectivity index (χ1n) is 20.0. The van der Waals surface area contributed by atoms with Crippen LogP contribution in [-0.4, -0.2) is 110 Å². The van der Waals surface area contributed by atoms with E-state index in [-0.39, 0.29) is 36.8 Å². The van der Waals surface area contributed by atoms with E-state index in [0.717, 1.165) is 37.8 Å². The molecule has 1 unspecified atom stereocenters. The van der Waals surface area contributed by atoms with Gasteiger partial charge in [-0.2, -0.15) is 0 Å². The topological polar surface area (TPSA) is 162 Å². The number of likely N-dealkylation sites (N-methyl/N-ethyl adjacent to an activating group) is 1. The summed E-state index contributed by atoms with van der Waals surface area (Å²) in [4.78, 5) is 60.8. The zero-order chi connectivity index (χ0) is 41.1. The van der Waals surface area contributed by atoms with Gasteiger partial charge in [0.05, 0.1) is 36.6 Å². The molecule has 0 saturated heterocycles. The van der Waals surface area contributed by atoms with Gasteiger partial charge in [0.1, 0.15) is 6.29 Å². The predicted octanol–water partition coefficient (Wildman–Crippen LogP) is 5.10. The molecule has 0 radical (unpaired) electrons. The fourth-order valence-corrected chi connectivity index (χ4v) is 6.49. The molecule has 3 atom stereocenters. The van der Waals surface area contributed by atoms with Crippen molar-refractivity contribution >= 4 is 30.1 Å². The maximum absolute atomic E-state index is 12.9. The Labute approximate surface area is 330 Å². The van der Waals surface area contributed by atoms with Gasteiger partial charge in [-0.05, 0) is 118 Å². The number of aldehydes is 1. The molecule has 1 saturated carbocycles. The number of carbonyl (C=O) groups excluding carboxylic acids is 5. The van der Waals surface area contributed by atoms with Gasteiger partial charge in [0.2, 0.25) is 17.7 Å². The number of amides is 4. The van der Waals surface area contributed by atoms with Crippen molar-refractivity contribution < 1.29 is 42.9 Å². The molecule has 3 N–H and O–H groups in total. The number of alkyl carbamates (subject to hydrolysis) is 1. The summed E-state index contributed by atoms with van der Waals surface area (Å²) in [7, 11) is 1.57. The minimum Gasteiger partial charge on any atom is -0.449 e. The van der Waals surface area contributed by atoms with E-state index in [9.17, 15) is 24.0 Å². The molecule has 0 spiro atoms. The largest absolute Gasteiger partial charge is 0.449 e. The number of allylic oxidation sites excluding steroid dienone is 1. The molecule has 312 valence electrons. The predicted molar refractivity (Wildman–Crippen MR) is 212 cm³/mol. The molecular formula is C42H70N4O9. The van der Waals surface area contributed by atoms with Crippen molar-refractivity contribution in [3.63, 3.8) is 0 Å². The Morgan fingerprint density at radius 3 is 1.95 bits per heavy atom. The lowest BCUT2D eigenvalue weighted by molar-refractivity contribution is -0.126. The highest BCUT2D eigenvalue weighted by molar-refractivity contribution is 5.91. The first kappa shape index (κ1) is 47.7. The molecule has 0 aromatic carbocycles. The molecule has 2 aliphatic carbocycles. The Kier molecular flexibility index (Phi) is 19.9.